The monoisotopic (exact) mass is 264 g/mol. The van der Waals surface area contributed by atoms with Crippen LogP contribution >= 0.6 is 0 Å². The van der Waals surface area contributed by atoms with Crippen LogP contribution in [0.15, 0.2) is 25.3 Å². The zero-order valence-corrected chi connectivity index (χ0v) is 12.9. The maximum Gasteiger partial charge on any atom is 0.0164 e. The van der Waals surface area contributed by atoms with Crippen LogP contribution in [0, 0.1) is 11.8 Å². The first kappa shape index (κ1) is 16.5. The van der Waals surface area contributed by atoms with Gasteiger partial charge in [-0.2, -0.15) is 0 Å². The number of hydrogen-bond donors (Lipinski definition) is 1. The summed E-state index contributed by atoms with van der Waals surface area (Å²) in [7, 11) is 0. The van der Waals surface area contributed by atoms with Gasteiger partial charge in [0.15, 0.2) is 0 Å². The van der Waals surface area contributed by atoms with Crippen LogP contribution in [0.4, 0.5) is 0 Å². The van der Waals surface area contributed by atoms with Crippen molar-refractivity contribution in [2.45, 2.75) is 45.6 Å². The van der Waals surface area contributed by atoms with Gasteiger partial charge in [0.1, 0.15) is 0 Å². The molecule has 1 aliphatic rings. The minimum Gasteiger partial charge on any atom is -0.314 e. The first-order valence-electron chi connectivity index (χ1n) is 7.92. The lowest BCUT2D eigenvalue weighted by molar-refractivity contribution is 0.152. The molecule has 0 radical (unpaired) electrons. The fourth-order valence-corrected chi connectivity index (χ4v) is 3.39. The maximum atomic E-state index is 3.87. The third kappa shape index (κ3) is 5.50. The molecule has 0 heterocycles. The van der Waals surface area contributed by atoms with Crippen molar-refractivity contribution in [3.63, 3.8) is 0 Å². The van der Waals surface area contributed by atoms with Gasteiger partial charge < -0.3 is 5.32 Å². The van der Waals surface area contributed by atoms with Crippen molar-refractivity contribution in [3.05, 3.63) is 25.3 Å². The second-order valence-corrected chi connectivity index (χ2v) is 5.81. The molecule has 1 saturated carbocycles. The molecule has 1 N–H and O–H groups in total. The molecule has 0 aromatic heterocycles. The first-order valence-corrected chi connectivity index (χ1v) is 7.92. The van der Waals surface area contributed by atoms with E-state index in [4.69, 9.17) is 0 Å². The Bertz CT molecular complexity index is 252. The van der Waals surface area contributed by atoms with Gasteiger partial charge >= 0.3 is 0 Å². The zero-order chi connectivity index (χ0) is 14.1. The Labute approximate surface area is 120 Å². The van der Waals surface area contributed by atoms with Crippen LogP contribution in [-0.4, -0.2) is 37.1 Å². The molecule has 1 aliphatic carbocycles. The van der Waals surface area contributed by atoms with Crippen LogP contribution in [0.5, 0.6) is 0 Å². The average molecular weight is 264 g/mol. The molecule has 3 unspecified atom stereocenters. The summed E-state index contributed by atoms with van der Waals surface area (Å²) in [6.07, 6.45) is 9.45. The van der Waals surface area contributed by atoms with Crippen LogP contribution in [0.1, 0.15) is 39.5 Å². The molecule has 19 heavy (non-hydrogen) atoms. The molecule has 0 bridgehead atoms. The topological polar surface area (TPSA) is 15.3 Å². The SMILES string of the molecule is C=CCN(CC=C)CC1CC(CC)CCC1NCC. The number of rotatable bonds is 9. The quantitative estimate of drug-likeness (QED) is 0.642. The minimum absolute atomic E-state index is 0.699. The summed E-state index contributed by atoms with van der Waals surface area (Å²) in [6, 6.07) is 0.699. The summed E-state index contributed by atoms with van der Waals surface area (Å²) < 4.78 is 0. The summed E-state index contributed by atoms with van der Waals surface area (Å²) in [5.74, 6) is 1.70. The molecular weight excluding hydrogens is 232 g/mol. The predicted octanol–water partition coefficient (Wildman–Crippen LogP) is 3.46. The van der Waals surface area contributed by atoms with E-state index in [1.54, 1.807) is 0 Å². The van der Waals surface area contributed by atoms with Crippen molar-refractivity contribution in [2.24, 2.45) is 11.8 Å². The molecule has 2 heteroatoms. The molecule has 0 saturated heterocycles. The number of hydrogen-bond acceptors (Lipinski definition) is 2. The van der Waals surface area contributed by atoms with Gasteiger partial charge in [-0.15, -0.1) is 13.2 Å². The van der Waals surface area contributed by atoms with Crippen molar-refractivity contribution in [2.75, 3.05) is 26.2 Å². The van der Waals surface area contributed by atoms with Crippen molar-refractivity contribution in [1.29, 1.82) is 0 Å². The Balaban J connectivity index is 2.60. The second-order valence-electron chi connectivity index (χ2n) is 5.81. The summed E-state index contributed by atoms with van der Waals surface area (Å²) >= 11 is 0. The molecule has 3 atom stereocenters. The number of nitrogens with one attached hydrogen (secondary N) is 1. The van der Waals surface area contributed by atoms with E-state index in [1.807, 2.05) is 12.2 Å². The number of nitrogens with zero attached hydrogens (tertiary/aromatic N) is 1. The maximum absolute atomic E-state index is 3.87. The van der Waals surface area contributed by atoms with Gasteiger partial charge in [-0.05, 0) is 37.6 Å². The zero-order valence-electron chi connectivity index (χ0n) is 12.9. The highest BCUT2D eigenvalue weighted by Gasteiger charge is 2.30. The van der Waals surface area contributed by atoms with Crippen molar-refractivity contribution in [3.8, 4) is 0 Å². The smallest absolute Gasteiger partial charge is 0.0164 e. The lowest BCUT2D eigenvalue weighted by Crippen LogP contribution is -2.46. The van der Waals surface area contributed by atoms with Gasteiger partial charge in [-0.25, -0.2) is 0 Å². The van der Waals surface area contributed by atoms with Crippen LogP contribution in [0.2, 0.25) is 0 Å². The Kier molecular flexibility index (Phi) is 8.08. The van der Waals surface area contributed by atoms with Crippen molar-refractivity contribution in [1.82, 2.24) is 10.2 Å². The fraction of sp³-hybridized carbons (Fsp3) is 0.765. The van der Waals surface area contributed by atoms with Crippen LogP contribution < -0.4 is 5.32 Å². The second kappa shape index (κ2) is 9.33. The standard InChI is InChI=1S/C17H32N2/c1-5-11-19(12-6-2)14-16-13-15(7-3)9-10-17(16)18-8-4/h5-6,15-18H,1-2,7-14H2,3-4H3. The third-order valence-corrected chi connectivity index (χ3v) is 4.40. The lowest BCUT2D eigenvalue weighted by atomic mass is 9.76. The molecule has 0 spiro atoms. The Hall–Kier alpha value is -0.600. The molecule has 1 fully saturated rings. The van der Waals surface area contributed by atoms with E-state index in [-0.39, 0.29) is 0 Å². The summed E-state index contributed by atoms with van der Waals surface area (Å²) in [6.45, 7) is 16.5. The Morgan fingerprint density at radius 2 is 1.84 bits per heavy atom. The minimum atomic E-state index is 0.699. The third-order valence-electron chi connectivity index (χ3n) is 4.40. The van der Waals surface area contributed by atoms with E-state index in [0.29, 0.717) is 6.04 Å². The van der Waals surface area contributed by atoms with Gasteiger partial charge in [-0.1, -0.05) is 32.4 Å². The molecule has 2 nitrogen and oxygen atoms in total. The van der Waals surface area contributed by atoms with E-state index < -0.39 is 0 Å². The first-order chi connectivity index (χ1) is 9.24. The van der Waals surface area contributed by atoms with Gasteiger partial charge in [0.05, 0.1) is 0 Å². The molecule has 0 aromatic rings. The summed E-state index contributed by atoms with van der Waals surface area (Å²) in [4.78, 5) is 2.47. The Morgan fingerprint density at radius 1 is 1.16 bits per heavy atom. The van der Waals surface area contributed by atoms with E-state index >= 15 is 0 Å². The predicted molar refractivity (Wildman–Crippen MR) is 85.4 cm³/mol. The highest BCUT2D eigenvalue weighted by Crippen LogP contribution is 2.32. The summed E-state index contributed by atoms with van der Waals surface area (Å²) in [5.41, 5.74) is 0. The molecule has 110 valence electrons. The van der Waals surface area contributed by atoms with Crippen molar-refractivity contribution < 1.29 is 0 Å². The highest BCUT2D eigenvalue weighted by atomic mass is 15.1. The van der Waals surface area contributed by atoms with Gasteiger partial charge in [0, 0.05) is 25.7 Å². The van der Waals surface area contributed by atoms with E-state index in [2.05, 4.69) is 37.2 Å². The lowest BCUT2D eigenvalue weighted by Gasteiger charge is -2.39. The van der Waals surface area contributed by atoms with E-state index in [1.165, 1.54) is 32.2 Å². The largest absolute Gasteiger partial charge is 0.314 e. The van der Waals surface area contributed by atoms with Gasteiger partial charge in [-0.3, -0.25) is 4.90 Å². The Morgan fingerprint density at radius 3 is 2.37 bits per heavy atom. The average Bonchev–Trinajstić information content (AvgIpc) is 2.41. The van der Waals surface area contributed by atoms with Crippen LogP contribution in [0.25, 0.3) is 0 Å². The van der Waals surface area contributed by atoms with Gasteiger partial charge in [0.2, 0.25) is 0 Å². The van der Waals surface area contributed by atoms with Gasteiger partial charge in [0.25, 0.3) is 0 Å². The van der Waals surface area contributed by atoms with E-state index in [9.17, 15) is 0 Å². The molecule has 0 aromatic carbocycles. The molecular formula is C17H32N2. The fourth-order valence-electron chi connectivity index (χ4n) is 3.39. The van der Waals surface area contributed by atoms with Crippen LogP contribution in [0.3, 0.4) is 0 Å². The molecule has 0 aliphatic heterocycles. The van der Waals surface area contributed by atoms with Crippen molar-refractivity contribution >= 4 is 0 Å². The van der Waals surface area contributed by atoms with E-state index in [0.717, 1.165) is 31.5 Å². The normalized spacial score (nSPS) is 27.4. The molecule has 0 amide bonds. The van der Waals surface area contributed by atoms with Crippen LogP contribution in [-0.2, 0) is 0 Å². The summed E-state index contributed by atoms with van der Waals surface area (Å²) in [5, 5.41) is 3.69. The molecule has 1 rings (SSSR count). The highest BCUT2D eigenvalue weighted by molar-refractivity contribution is 4.89.